The van der Waals surface area contributed by atoms with Crippen LogP contribution in [0.2, 0.25) is 19.6 Å². The number of piperidine rings is 1. The number of cyclic esters (lactones) is 1. The molecule has 0 aromatic rings. The SMILES string of the molecule is CO[C@H]1CC2CC[C@@H](C)[C@@](O)(O2)C(=O)C(=O)N2CCCCC2C(=O)O[C@H]([C@H](C)C[C@@H]2CC[C@@H](O)[C@H](OC)C2)CC(=O)[C@H](C)/C=C(\C)[C@@H](O[Si](C)(C)C)[C@@H](OC)C(=O)[C@H](C)C[C@H](C)/C=C/C=C/C=C/1C. The Kier molecular flexibility index (Phi) is 22.4. The minimum Gasteiger partial charge on any atom is -0.460 e. The van der Waals surface area contributed by atoms with Gasteiger partial charge in [-0.2, -0.15) is 0 Å². The van der Waals surface area contributed by atoms with Crippen molar-refractivity contribution in [3.8, 4) is 0 Å². The number of aliphatic hydroxyl groups is 2. The highest BCUT2D eigenvalue weighted by atomic mass is 28.4. The summed E-state index contributed by atoms with van der Waals surface area (Å²) in [5.74, 6) is -7.43. The summed E-state index contributed by atoms with van der Waals surface area (Å²) < 4.78 is 36.7. The van der Waals surface area contributed by atoms with E-state index in [1.165, 1.54) is 12.0 Å². The number of rotatable bonds is 8. The molecule has 2 bridgehead atoms. The van der Waals surface area contributed by atoms with Gasteiger partial charge in [0.1, 0.15) is 24.0 Å². The summed E-state index contributed by atoms with van der Waals surface area (Å²) in [6.07, 6.45) is 12.7. The molecule has 1 saturated carbocycles. The number of hydrogen-bond acceptors (Lipinski definition) is 13. The maximum atomic E-state index is 14.5. The Morgan fingerprint density at radius 3 is 2.20 bits per heavy atom. The second-order valence-electron chi connectivity index (χ2n) is 21.8. The van der Waals surface area contributed by atoms with E-state index in [9.17, 15) is 34.2 Å². The molecule has 3 aliphatic heterocycles. The summed E-state index contributed by atoms with van der Waals surface area (Å²) in [5.41, 5.74) is 1.58. The fourth-order valence-electron chi connectivity index (χ4n) is 10.6. The molecule has 2 N–H and O–H groups in total. The molecule has 15 atom stereocenters. The van der Waals surface area contributed by atoms with Crippen molar-refractivity contribution in [3.63, 3.8) is 0 Å². The lowest BCUT2D eigenvalue weighted by Gasteiger charge is -2.42. The summed E-state index contributed by atoms with van der Waals surface area (Å²) in [5, 5.41) is 22.5. The monoisotopic (exact) mass is 986 g/mol. The Morgan fingerprint density at radius 1 is 0.841 bits per heavy atom. The first-order valence-corrected chi connectivity index (χ1v) is 29.0. The molecule has 3 heterocycles. The fourth-order valence-corrected chi connectivity index (χ4v) is 11.7. The summed E-state index contributed by atoms with van der Waals surface area (Å²) >= 11 is 0. The molecule has 4 rings (SSSR count). The minimum absolute atomic E-state index is 0.0556. The lowest BCUT2D eigenvalue weighted by Crippen LogP contribution is -2.61. The van der Waals surface area contributed by atoms with E-state index in [4.69, 9.17) is 28.1 Å². The first-order chi connectivity index (χ1) is 32.4. The number of ketones is 3. The number of nitrogens with zero attached hydrogens (tertiary/aromatic N) is 1. The maximum absolute atomic E-state index is 14.5. The molecule has 2 saturated heterocycles. The molecule has 3 fully saturated rings. The summed E-state index contributed by atoms with van der Waals surface area (Å²) in [6, 6.07) is -1.13. The van der Waals surface area contributed by atoms with Crippen LogP contribution < -0.4 is 0 Å². The number of aliphatic hydroxyl groups excluding tert-OH is 1. The molecule has 0 aromatic carbocycles. The Balaban J connectivity index is 1.76. The first-order valence-electron chi connectivity index (χ1n) is 25.6. The molecule has 390 valence electrons. The van der Waals surface area contributed by atoms with Gasteiger partial charge in [-0.1, -0.05) is 71.1 Å². The third kappa shape index (κ3) is 16.2. The number of allylic oxidation sites excluding steroid dienone is 6. The maximum Gasteiger partial charge on any atom is 0.329 e. The van der Waals surface area contributed by atoms with Crippen molar-refractivity contribution in [2.24, 2.45) is 35.5 Å². The van der Waals surface area contributed by atoms with E-state index < -0.39 is 86.3 Å². The predicted octanol–water partition coefficient (Wildman–Crippen LogP) is 8.04. The molecule has 0 spiro atoms. The van der Waals surface area contributed by atoms with E-state index in [1.54, 1.807) is 28.1 Å². The number of carbonyl (C=O) groups excluding carboxylic acids is 5. The van der Waals surface area contributed by atoms with Gasteiger partial charge < -0.3 is 43.2 Å². The number of carbonyl (C=O) groups is 5. The molecule has 1 amide bonds. The summed E-state index contributed by atoms with van der Waals surface area (Å²) in [7, 11) is 2.40. The summed E-state index contributed by atoms with van der Waals surface area (Å²) in [4.78, 5) is 73.1. The van der Waals surface area contributed by atoms with E-state index in [0.717, 1.165) is 12.0 Å². The van der Waals surface area contributed by atoms with Gasteiger partial charge in [0.25, 0.3) is 11.7 Å². The minimum atomic E-state index is -2.42. The van der Waals surface area contributed by atoms with Crippen molar-refractivity contribution in [1.82, 2.24) is 4.90 Å². The van der Waals surface area contributed by atoms with Crippen LogP contribution in [0.5, 0.6) is 0 Å². The topological polar surface area (TPSA) is 184 Å². The van der Waals surface area contributed by atoms with E-state index in [1.807, 2.05) is 83.8 Å². The third-order valence-corrected chi connectivity index (χ3v) is 15.9. The van der Waals surface area contributed by atoms with E-state index >= 15 is 0 Å². The van der Waals surface area contributed by atoms with Gasteiger partial charge in [-0.05, 0) is 127 Å². The standard InChI is InChI=1S/C54H87NO13Si/c1-33-19-15-14-16-20-34(2)45(63-8)31-41-24-22-39(7)54(62,67-41)51(59)52(60)55-26-18-17-21-42(55)53(61)66-46(36(4)29-40-23-25-43(56)47(30-40)64-9)32-44(57)35(3)28-38(6)49(68-69(11,12)13)50(65-10)48(58)37(5)27-33/h14-16,19-20,28,33,35-37,39-43,45-47,49-50,56,62H,17-18,21-27,29-32H2,1-13H3/b16-14+,19-15+,34-20+,38-28+/t33-,35-,36-,37-,39-,40+,41?,42?,43-,45+,46+,47-,49-,50+,54-/m1/s1. The normalized spacial score (nSPS) is 39.0. The largest absolute Gasteiger partial charge is 0.460 e. The van der Waals surface area contributed by atoms with Gasteiger partial charge in [-0.3, -0.25) is 19.2 Å². The zero-order valence-corrected chi connectivity index (χ0v) is 45.1. The van der Waals surface area contributed by atoms with Gasteiger partial charge in [0.2, 0.25) is 5.79 Å². The Bertz CT molecular complexity index is 1870. The van der Waals surface area contributed by atoms with Crippen molar-refractivity contribution in [2.75, 3.05) is 27.9 Å². The van der Waals surface area contributed by atoms with Crippen LogP contribution in [-0.4, -0.2) is 135 Å². The molecular formula is C54H87NO13Si. The van der Waals surface area contributed by atoms with Crippen molar-refractivity contribution < 1.29 is 62.3 Å². The predicted molar refractivity (Wildman–Crippen MR) is 267 cm³/mol. The van der Waals surface area contributed by atoms with Crippen molar-refractivity contribution in [3.05, 3.63) is 47.6 Å². The number of fused-ring (bicyclic) bond motifs is 3. The molecular weight excluding hydrogens is 899 g/mol. The average molecular weight is 986 g/mol. The highest BCUT2D eigenvalue weighted by molar-refractivity contribution is 6.69. The van der Waals surface area contributed by atoms with E-state index in [0.29, 0.717) is 63.4 Å². The number of ether oxygens (including phenoxy) is 5. The Labute approximate surface area is 414 Å². The van der Waals surface area contributed by atoms with Crippen molar-refractivity contribution >= 4 is 37.5 Å². The smallest absolute Gasteiger partial charge is 0.329 e. The Hall–Kier alpha value is -3.15. The zero-order valence-electron chi connectivity index (χ0n) is 44.1. The van der Waals surface area contributed by atoms with Crippen LogP contribution in [-0.2, 0) is 52.1 Å². The second-order valence-corrected chi connectivity index (χ2v) is 26.3. The van der Waals surface area contributed by atoms with Crippen LogP contribution in [0.25, 0.3) is 0 Å². The number of hydrogen-bond donors (Lipinski definition) is 2. The fraction of sp³-hybridized carbons (Fsp3) is 0.759. The summed E-state index contributed by atoms with van der Waals surface area (Å²) in [6.45, 7) is 19.4. The molecule has 1 aliphatic carbocycles. The van der Waals surface area contributed by atoms with Gasteiger partial charge in [0.15, 0.2) is 14.1 Å². The highest BCUT2D eigenvalue weighted by Gasteiger charge is 2.53. The Morgan fingerprint density at radius 2 is 1.55 bits per heavy atom. The highest BCUT2D eigenvalue weighted by Crippen LogP contribution is 2.38. The van der Waals surface area contributed by atoms with Crippen LogP contribution in [0.4, 0.5) is 0 Å². The molecule has 69 heavy (non-hydrogen) atoms. The molecule has 0 radical (unpaired) electrons. The van der Waals surface area contributed by atoms with Crippen molar-refractivity contribution in [1.29, 1.82) is 0 Å². The number of esters is 1. The van der Waals surface area contributed by atoms with Gasteiger partial charge in [-0.15, -0.1) is 0 Å². The van der Waals surface area contributed by atoms with Gasteiger partial charge in [0.05, 0.1) is 30.5 Å². The zero-order chi connectivity index (χ0) is 51.4. The number of methoxy groups -OCH3 is 3. The number of amides is 1. The van der Waals surface area contributed by atoms with E-state index in [-0.39, 0.29) is 60.7 Å². The van der Waals surface area contributed by atoms with Gasteiger partial charge in [-0.25, -0.2) is 4.79 Å². The van der Waals surface area contributed by atoms with Crippen LogP contribution in [0.15, 0.2) is 47.6 Å². The number of Topliss-reactive ketones (excluding diaryl/α,β-unsaturated/α-hetero) is 3. The molecule has 0 aromatic heterocycles. The van der Waals surface area contributed by atoms with E-state index in [2.05, 4.69) is 6.92 Å². The van der Waals surface area contributed by atoms with Gasteiger partial charge in [0, 0.05) is 58.5 Å². The third-order valence-electron chi connectivity index (χ3n) is 14.9. The van der Waals surface area contributed by atoms with Crippen LogP contribution >= 0.6 is 0 Å². The van der Waals surface area contributed by atoms with Gasteiger partial charge >= 0.3 is 5.97 Å². The first kappa shape index (κ1) is 58.4. The van der Waals surface area contributed by atoms with Crippen LogP contribution in [0.3, 0.4) is 0 Å². The molecule has 2 unspecified atom stereocenters. The molecule has 14 nitrogen and oxygen atoms in total. The average Bonchev–Trinajstić information content (AvgIpc) is 3.30. The quantitative estimate of drug-likeness (QED) is 0.103. The molecule has 15 heteroatoms. The van der Waals surface area contributed by atoms with Crippen molar-refractivity contribution in [2.45, 2.75) is 200 Å². The second kappa shape index (κ2) is 26.5. The lowest BCUT2D eigenvalue weighted by molar-refractivity contribution is -0.265. The van der Waals surface area contributed by atoms with Crippen LogP contribution in [0.1, 0.15) is 126 Å². The lowest BCUT2D eigenvalue weighted by atomic mass is 9.78. The molecule has 4 aliphatic rings. The van der Waals surface area contributed by atoms with Crippen LogP contribution in [0, 0.1) is 35.5 Å².